The zero-order valence-electron chi connectivity index (χ0n) is 15.0. The first-order valence-electron chi connectivity index (χ1n) is 8.36. The number of amides is 2. The topological polar surface area (TPSA) is 96.0 Å². The number of aryl methyl sites for hydroxylation is 1. The van der Waals surface area contributed by atoms with Gasteiger partial charge in [0.05, 0.1) is 0 Å². The van der Waals surface area contributed by atoms with Gasteiger partial charge in [-0.1, -0.05) is 12.1 Å². The molecule has 0 spiro atoms. The van der Waals surface area contributed by atoms with Crippen LogP contribution in [0.5, 0.6) is 0 Å². The van der Waals surface area contributed by atoms with Crippen LogP contribution in [0.15, 0.2) is 60.7 Å². The monoisotopic (exact) mass is 361 g/mol. The van der Waals surface area contributed by atoms with E-state index in [2.05, 4.69) is 26.1 Å². The van der Waals surface area contributed by atoms with Crippen LogP contribution in [0.25, 0.3) is 0 Å². The summed E-state index contributed by atoms with van der Waals surface area (Å²) >= 11 is 0. The van der Waals surface area contributed by atoms with Gasteiger partial charge in [0.1, 0.15) is 0 Å². The quantitative estimate of drug-likeness (QED) is 0.643. The summed E-state index contributed by atoms with van der Waals surface area (Å²) in [5.41, 5.74) is 3.50. The van der Waals surface area contributed by atoms with E-state index in [4.69, 9.17) is 0 Å². The molecule has 0 bridgehead atoms. The minimum atomic E-state index is -0.364. The highest BCUT2D eigenvalue weighted by Gasteiger charge is 2.09. The van der Waals surface area contributed by atoms with Crippen molar-refractivity contribution >= 4 is 34.7 Å². The molecule has 0 unspecified atom stereocenters. The number of carbonyl (C=O) groups excluding carboxylic acids is 2. The second kappa shape index (κ2) is 8.09. The van der Waals surface area contributed by atoms with Gasteiger partial charge in [0.15, 0.2) is 11.5 Å². The molecule has 1 aromatic heterocycles. The highest BCUT2D eigenvalue weighted by Crippen LogP contribution is 2.16. The van der Waals surface area contributed by atoms with E-state index in [1.54, 1.807) is 36.4 Å². The molecule has 3 rings (SSSR count). The predicted molar refractivity (Wildman–Crippen MR) is 105 cm³/mol. The fraction of sp³-hybridized carbons (Fsp3) is 0.100. The zero-order valence-corrected chi connectivity index (χ0v) is 15.0. The van der Waals surface area contributed by atoms with Crippen molar-refractivity contribution in [1.29, 1.82) is 0 Å². The highest BCUT2D eigenvalue weighted by molar-refractivity contribution is 6.03. The minimum Gasteiger partial charge on any atom is -0.339 e. The Bertz CT molecular complexity index is 953. The van der Waals surface area contributed by atoms with Crippen LogP contribution in [-0.2, 0) is 4.79 Å². The molecule has 0 aliphatic rings. The smallest absolute Gasteiger partial charge is 0.276 e. The summed E-state index contributed by atoms with van der Waals surface area (Å²) in [6.07, 6.45) is 0. The van der Waals surface area contributed by atoms with Gasteiger partial charge in [-0.15, -0.1) is 10.2 Å². The summed E-state index contributed by atoms with van der Waals surface area (Å²) in [4.78, 5) is 23.3. The van der Waals surface area contributed by atoms with Crippen molar-refractivity contribution in [3.63, 3.8) is 0 Å². The van der Waals surface area contributed by atoms with E-state index in [0.29, 0.717) is 17.2 Å². The van der Waals surface area contributed by atoms with E-state index >= 15 is 0 Å². The van der Waals surface area contributed by atoms with Crippen LogP contribution in [0.3, 0.4) is 0 Å². The van der Waals surface area contributed by atoms with Crippen LogP contribution in [0.4, 0.5) is 22.9 Å². The second-order valence-corrected chi connectivity index (χ2v) is 6.01. The molecule has 1 heterocycles. The molecule has 0 saturated heterocycles. The van der Waals surface area contributed by atoms with Crippen molar-refractivity contribution in [2.75, 3.05) is 16.0 Å². The first kappa shape index (κ1) is 18.1. The van der Waals surface area contributed by atoms with E-state index in [0.717, 1.165) is 11.3 Å². The van der Waals surface area contributed by atoms with E-state index in [9.17, 15) is 9.59 Å². The van der Waals surface area contributed by atoms with Crippen LogP contribution in [-0.4, -0.2) is 22.0 Å². The lowest BCUT2D eigenvalue weighted by molar-refractivity contribution is -0.114. The first-order chi connectivity index (χ1) is 13.0. The Morgan fingerprint density at radius 2 is 1.52 bits per heavy atom. The molecular weight excluding hydrogens is 342 g/mol. The van der Waals surface area contributed by atoms with Crippen molar-refractivity contribution in [2.45, 2.75) is 13.8 Å². The molecule has 2 aromatic carbocycles. The zero-order chi connectivity index (χ0) is 19.2. The third kappa shape index (κ3) is 5.12. The Labute approximate surface area is 156 Å². The number of anilines is 4. The second-order valence-electron chi connectivity index (χ2n) is 6.01. The number of hydrogen-bond acceptors (Lipinski definition) is 5. The molecule has 7 heteroatoms. The first-order valence-corrected chi connectivity index (χ1v) is 8.36. The van der Waals surface area contributed by atoms with Crippen molar-refractivity contribution < 1.29 is 9.59 Å². The van der Waals surface area contributed by atoms with Gasteiger partial charge in [-0.05, 0) is 61.0 Å². The van der Waals surface area contributed by atoms with Crippen molar-refractivity contribution in [3.05, 3.63) is 71.9 Å². The van der Waals surface area contributed by atoms with Gasteiger partial charge < -0.3 is 16.0 Å². The summed E-state index contributed by atoms with van der Waals surface area (Å²) in [5.74, 6) is 0.0371. The number of nitrogens with one attached hydrogen (secondary N) is 3. The van der Waals surface area contributed by atoms with Crippen molar-refractivity contribution in [2.24, 2.45) is 0 Å². The van der Waals surface area contributed by atoms with Gasteiger partial charge in [0.2, 0.25) is 5.91 Å². The Balaban J connectivity index is 1.62. The highest BCUT2D eigenvalue weighted by atomic mass is 16.2. The molecule has 0 fully saturated rings. The standard InChI is InChI=1S/C20H19N5O2/c1-13-4-3-5-17(12-13)22-19-11-10-18(24-25-19)20(27)23-16-8-6-15(7-9-16)21-14(2)26/h3-12H,1-2H3,(H,21,26)(H,22,25)(H,23,27). The third-order valence-electron chi connectivity index (χ3n) is 3.65. The van der Waals surface area contributed by atoms with Gasteiger partial charge in [0.25, 0.3) is 5.91 Å². The maximum Gasteiger partial charge on any atom is 0.276 e. The van der Waals surface area contributed by atoms with Crippen molar-refractivity contribution in [1.82, 2.24) is 10.2 Å². The van der Waals surface area contributed by atoms with Crippen LogP contribution in [0.1, 0.15) is 23.0 Å². The van der Waals surface area contributed by atoms with Crippen LogP contribution in [0, 0.1) is 6.92 Å². The summed E-state index contributed by atoms with van der Waals surface area (Å²) in [5, 5.41) is 16.6. The van der Waals surface area contributed by atoms with Crippen LogP contribution < -0.4 is 16.0 Å². The van der Waals surface area contributed by atoms with E-state index in [1.807, 2.05) is 31.2 Å². The van der Waals surface area contributed by atoms with Gasteiger partial charge in [0, 0.05) is 24.0 Å². The summed E-state index contributed by atoms with van der Waals surface area (Å²) in [6.45, 7) is 3.44. The molecule has 0 aliphatic carbocycles. The fourth-order valence-corrected chi connectivity index (χ4v) is 2.43. The summed E-state index contributed by atoms with van der Waals surface area (Å²) in [6, 6.07) is 18.0. The Morgan fingerprint density at radius 1 is 0.815 bits per heavy atom. The molecule has 0 atom stereocenters. The SMILES string of the molecule is CC(=O)Nc1ccc(NC(=O)c2ccc(Nc3cccc(C)c3)nn2)cc1. The fourth-order valence-electron chi connectivity index (χ4n) is 2.43. The molecule has 7 nitrogen and oxygen atoms in total. The number of carbonyl (C=O) groups is 2. The maximum atomic E-state index is 12.3. The lowest BCUT2D eigenvalue weighted by Gasteiger charge is -2.08. The average Bonchev–Trinajstić information content (AvgIpc) is 2.63. The molecule has 3 aromatic rings. The van der Waals surface area contributed by atoms with E-state index < -0.39 is 0 Å². The summed E-state index contributed by atoms with van der Waals surface area (Å²) in [7, 11) is 0. The average molecular weight is 361 g/mol. The number of nitrogens with zero attached hydrogens (tertiary/aromatic N) is 2. The number of benzene rings is 2. The Kier molecular flexibility index (Phi) is 5.41. The van der Waals surface area contributed by atoms with E-state index in [-0.39, 0.29) is 17.5 Å². The molecule has 27 heavy (non-hydrogen) atoms. The van der Waals surface area contributed by atoms with Crippen molar-refractivity contribution in [3.8, 4) is 0 Å². The number of aromatic nitrogens is 2. The molecular formula is C20H19N5O2. The normalized spacial score (nSPS) is 10.1. The summed E-state index contributed by atoms with van der Waals surface area (Å²) < 4.78 is 0. The number of hydrogen-bond donors (Lipinski definition) is 3. The number of rotatable bonds is 5. The lowest BCUT2D eigenvalue weighted by Crippen LogP contribution is -2.14. The maximum absolute atomic E-state index is 12.3. The van der Waals surface area contributed by atoms with Gasteiger partial charge >= 0.3 is 0 Å². The molecule has 3 N–H and O–H groups in total. The predicted octanol–water partition coefficient (Wildman–Crippen LogP) is 3.74. The largest absolute Gasteiger partial charge is 0.339 e. The Hall–Kier alpha value is -3.74. The van der Waals surface area contributed by atoms with Crippen LogP contribution >= 0.6 is 0 Å². The van der Waals surface area contributed by atoms with Gasteiger partial charge in [-0.2, -0.15) is 0 Å². The molecule has 0 saturated carbocycles. The molecule has 0 radical (unpaired) electrons. The molecule has 136 valence electrons. The minimum absolute atomic E-state index is 0.151. The van der Waals surface area contributed by atoms with E-state index in [1.165, 1.54) is 6.92 Å². The van der Waals surface area contributed by atoms with Gasteiger partial charge in [-0.25, -0.2) is 0 Å². The molecule has 0 aliphatic heterocycles. The van der Waals surface area contributed by atoms with Gasteiger partial charge in [-0.3, -0.25) is 9.59 Å². The third-order valence-corrected chi connectivity index (χ3v) is 3.65. The lowest BCUT2D eigenvalue weighted by atomic mass is 10.2. The Morgan fingerprint density at radius 3 is 2.11 bits per heavy atom. The van der Waals surface area contributed by atoms with Crippen LogP contribution in [0.2, 0.25) is 0 Å². The molecule has 2 amide bonds.